The molecular weight excluding hydrogens is 224 g/mol. The molecule has 0 saturated carbocycles. The van der Waals surface area contributed by atoms with Gasteiger partial charge < -0.3 is 10.8 Å². The van der Waals surface area contributed by atoms with Crippen molar-refractivity contribution in [1.29, 1.82) is 0 Å². The summed E-state index contributed by atoms with van der Waals surface area (Å²) in [6.07, 6.45) is -0.656. The summed E-state index contributed by atoms with van der Waals surface area (Å²) in [6.45, 7) is 1.68. The fourth-order valence-corrected chi connectivity index (χ4v) is 0.939. The molecule has 12 heavy (non-hydrogen) atoms. The summed E-state index contributed by atoms with van der Waals surface area (Å²) < 4.78 is 0. The van der Waals surface area contributed by atoms with Crippen LogP contribution in [0.2, 0.25) is 0 Å². The van der Waals surface area contributed by atoms with Crippen molar-refractivity contribution >= 4 is 0 Å². The molecule has 0 bridgehead atoms. The first-order valence-corrected chi connectivity index (χ1v) is 3.66. The van der Waals surface area contributed by atoms with Crippen molar-refractivity contribution in [3.05, 3.63) is 41.6 Å². The maximum absolute atomic E-state index is 9.41. The van der Waals surface area contributed by atoms with Gasteiger partial charge in [0, 0.05) is 0 Å². The van der Waals surface area contributed by atoms with Crippen molar-refractivity contribution in [3.8, 4) is 0 Å². The molecule has 1 rings (SSSR count). The van der Waals surface area contributed by atoms with E-state index in [1.807, 2.05) is 30.3 Å². The van der Waals surface area contributed by atoms with E-state index < -0.39 is 12.1 Å². The number of hydrogen-bond acceptors (Lipinski definition) is 1. The zero-order valence-corrected chi connectivity index (χ0v) is 12.4. The Balaban J connectivity index is 0.00000121. The molecule has 0 saturated heterocycles. The predicted molar refractivity (Wildman–Crippen MR) is 45.2 cm³/mol. The average Bonchev–Trinajstić information content (AvgIpc) is 2.05. The third-order valence-electron chi connectivity index (χ3n) is 1.61. The Bertz CT molecular complexity index is 213. The largest absolute Gasteiger partial charge is 1.00 e. The van der Waals surface area contributed by atoms with Gasteiger partial charge in [-0.3, -0.25) is 0 Å². The van der Waals surface area contributed by atoms with Crippen LogP contribution in [0.25, 0.3) is 5.73 Å². The van der Waals surface area contributed by atoms with Crippen LogP contribution in [-0.2, 0) is 0 Å². The van der Waals surface area contributed by atoms with Gasteiger partial charge in [-0.05, 0) is 5.56 Å². The standard InChI is InChI=1S/C9H12NO.Rb/c1-7(10)9(11)8-5-3-2-4-6-8;/h2-7,9-11H,1H3;/q-1;+1. The molecule has 0 spiro atoms. The minimum atomic E-state index is -0.656. The summed E-state index contributed by atoms with van der Waals surface area (Å²) >= 11 is 0. The van der Waals surface area contributed by atoms with E-state index in [0.717, 1.165) is 5.56 Å². The Labute approximate surface area is 122 Å². The molecule has 0 aliphatic carbocycles. The van der Waals surface area contributed by atoms with Gasteiger partial charge in [0.1, 0.15) is 0 Å². The molecule has 2 N–H and O–H groups in total. The van der Waals surface area contributed by atoms with Crippen molar-refractivity contribution < 1.29 is 63.3 Å². The van der Waals surface area contributed by atoms with Gasteiger partial charge in [-0.2, -0.15) is 0 Å². The third-order valence-corrected chi connectivity index (χ3v) is 1.61. The number of hydrogen-bond donors (Lipinski definition) is 1. The Morgan fingerprint density at radius 3 is 2.17 bits per heavy atom. The summed E-state index contributed by atoms with van der Waals surface area (Å²) in [7, 11) is 0. The van der Waals surface area contributed by atoms with Crippen LogP contribution >= 0.6 is 0 Å². The molecule has 0 aliphatic heterocycles. The van der Waals surface area contributed by atoms with Crippen molar-refractivity contribution in [2.24, 2.45) is 0 Å². The number of rotatable bonds is 2. The molecular formula is C9H12NORb. The zero-order chi connectivity index (χ0) is 8.27. The van der Waals surface area contributed by atoms with Crippen LogP contribution in [0.1, 0.15) is 18.6 Å². The van der Waals surface area contributed by atoms with Crippen LogP contribution in [0.4, 0.5) is 0 Å². The smallest absolute Gasteiger partial charge is 0.672 e. The van der Waals surface area contributed by atoms with Crippen molar-refractivity contribution in [2.75, 3.05) is 0 Å². The van der Waals surface area contributed by atoms with Crippen LogP contribution in [-0.4, -0.2) is 11.1 Å². The first kappa shape index (κ1) is 12.9. The maximum atomic E-state index is 9.41. The third kappa shape index (κ3) is 3.77. The summed E-state index contributed by atoms with van der Waals surface area (Å²) in [5.74, 6) is 0. The van der Waals surface area contributed by atoms with Gasteiger partial charge in [0.15, 0.2) is 0 Å². The second kappa shape index (κ2) is 6.41. The van der Waals surface area contributed by atoms with E-state index in [2.05, 4.69) is 0 Å². The molecule has 0 amide bonds. The Morgan fingerprint density at radius 2 is 1.75 bits per heavy atom. The molecule has 0 heterocycles. The van der Waals surface area contributed by atoms with Crippen molar-refractivity contribution in [1.82, 2.24) is 0 Å². The SMILES string of the molecule is CC([NH-])C(O)c1ccccc1.[Rb+]. The quantitative estimate of drug-likeness (QED) is 0.714. The number of aliphatic hydroxyl groups is 1. The zero-order valence-electron chi connectivity index (χ0n) is 7.49. The van der Waals surface area contributed by atoms with Gasteiger partial charge in [-0.1, -0.05) is 37.3 Å². The van der Waals surface area contributed by atoms with E-state index in [9.17, 15) is 5.11 Å². The summed E-state index contributed by atoms with van der Waals surface area (Å²) in [6, 6.07) is 8.82. The molecule has 2 unspecified atom stereocenters. The second-order valence-corrected chi connectivity index (χ2v) is 2.64. The van der Waals surface area contributed by atoms with Gasteiger partial charge in [-0.15, -0.1) is 6.04 Å². The monoisotopic (exact) mass is 235 g/mol. The molecule has 1 aromatic rings. The van der Waals surface area contributed by atoms with E-state index in [1.165, 1.54) is 0 Å². The van der Waals surface area contributed by atoms with Gasteiger partial charge in [-0.25, -0.2) is 0 Å². The summed E-state index contributed by atoms with van der Waals surface area (Å²) in [4.78, 5) is 0. The molecule has 2 atom stereocenters. The van der Waals surface area contributed by atoms with Crippen LogP contribution in [0.15, 0.2) is 30.3 Å². The fourth-order valence-electron chi connectivity index (χ4n) is 0.939. The first-order valence-electron chi connectivity index (χ1n) is 3.66. The van der Waals surface area contributed by atoms with Crippen LogP contribution in [0, 0.1) is 0 Å². The fraction of sp³-hybridized carbons (Fsp3) is 0.333. The van der Waals surface area contributed by atoms with E-state index >= 15 is 0 Å². The van der Waals surface area contributed by atoms with Crippen molar-refractivity contribution in [3.63, 3.8) is 0 Å². The maximum Gasteiger partial charge on any atom is 1.00 e. The summed E-state index contributed by atoms with van der Waals surface area (Å²) in [5, 5.41) is 9.41. The molecule has 0 aliphatic rings. The molecule has 60 valence electrons. The van der Waals surface area contributed by atoms with Gasteiger partial charge in [0.25, 0.3) is 0 Å². The number of nitrogens with one attached hydrogen (secondary N) is 1. The van der Waals surface area contributed by atoms with Crippen LogP contribution < -0.4 is 58.2 Å². The van der Waals surface area contributed by atoms with Gasteiger partial charge >= 0.3 is 58.2 Å². The van der Waals surface area contributed by atoms with Crippen LogP contribution in [0.3, 0.4) is 0 Å². The molecule has 0 radical (unpaired) electrons. The number of aliphatic hydroxyl groups excluding tert-OH is 1. The Hall–Kier alpha value is 0.945. The summed E-state index contributed by atoms with van der Waals surface area (Å²) in [5.41, 5.74) is 8.09. The van der Waals surface area contributed by atoms with Crippen molar-refractivity contribution in [2.45, 2.75) is 19.1 Å². The molecule has 1 aromatic carbocycles. The Kier molecular flexibility index (Phi) is 6.91. The molecule has 0 aromatic heterocycles. The van der Waals surface area contributed by atoms with Gasteiger partial charge in [0.05, 0.1) is 6.10 Å². The minimum absolute atomic E-state index is 0. The first-order chi connectivity index (χ1) is 5.22. The minimum Gasteiger partial charge on any atom is -0.672 e. The van der Waals surface area contributed by atoms with E-state index in [-0.39, 0.29) is 58.2 Å². The Morgan fingerprint density at radius 1 is 1.25 bits per heavy atom. The van der Waals surface area contributed by atoms with E-state index in [0.29, 0.717) is 0 Å². The average molecular weight is 236 g/mol. The van der Waals surface area contributed by atoms with Crippen LogP contribution in [0.5, 0.6) is 0 Å². The topological polar surface area (TPSA) is 44.0 Å². The second-order valence-electron chi connectivity index (χ2n) is 2.64. The van der Waals surface area contributed by atoms with E-state index in [1.54, 1.807) is 6.92 Å². The van der Waals surface area contributed by atoms with E-state index in [4.69, 9.17) is 5.73 Å². The van der Waals surface area contributed by atoms with Gasteiger partial charge in [0.2, 0.25) is 0 Å². The molecule has 2 nitrogen and oxygen atoms in total. The normalized spacial score (nSPS) is 14.6. The number of benzene rings is 1. The molecule has 0 fully saturated rings. The molecule has 3 heteroatoms. The predicted octanol–water partition coefficient (Wildman–Crippen LogP) is -0.835.